The summed E-state index contributed by atoms with van der Waals surface area (Å²) in [4.78, 5) is 14.9. The molecule has 1 aromatic carbocycles. The quantitative estimate of drug-likeness (QED) is 0.904. The maximum Gasteiger partial charge on any atom is 0.241 e. The third-order valence-electron chi connectivity index (χ3n) is 5.22. The number of carbonyl (C=O) groups is 1. The largest absolute Gasteiger partial charge is 0.318 e. The topological polar surface area (TPSA) is 32.3 Å². The Kier molecular flexibility index (Phi) is 4.03. The van der Waals surface area contributed by atoms with E-state index in [-0.39, 0.29) is 18.1 Å². The fourth-order valence-corrected chi connectivity index (χ4v) is 3.94. The van der Waals surface area contributed by atoms with Crippen molar-refractivity contribution in [3.05, 3.63) is 35.4 Å². The number of nitrogens with zero attached hydrogens (tertiary/aromatic N) is 1. The molecule has 1 aromatic rings. The first-order valence-corrected chi connectivity index (χ1v) is 8.23. The van der Waals surface area contributed by atoms with Crippen LogP contribution < -0.4 is 5.32 Å². The van der Waals surface area contributed by atoms with Crippen molar-refractivity contribution < 1.29 is 4.79 Å². The molecule has 4 atom stereocenters. The zero-order valence-corrected chi connectivity index (χ0v) is 13.3. The highest BCUT2D eigenvalue weighted by Gasteiger charge is 2.43. The summed E-state index contributed by atoms with van der Waals surface area (Å²) in [6, 6.07) is 8.72. The Morgan fingerprint density at radius 3 is 2.57 bits per heavy atom. The van der Waals surface area contributed by atoms with Gasteiger partial charge in [-0.1, -0.05) is 44.0 Å². The van der Waals surface area contributed by atoms with E-state index in [1.807, 2.05) is 6.92 Å². The first-order valence-electron chi connectivity index (χ1n) is 8.23. The normalized spacial score (nSPS) is 33.5. The van der Waals surface area contributed by atoms with Gasteiger partial charge in [0.2, 0.25) is 5.91 Å². The molecule has 3 rings (SSSR count). The molecule has 0 bridgehead atoms. The molecule has 114 valence electrons. The summed E-state index contributed by atoms with van der Waals surface area (Å²) in [7, 11) is 0. The molecule has 21 heavy (non-hydrogen) atoms. The summed E-state index contributed by atoms with van der Waals surface area (Å²) in [5.41, 5.74) is 2.50. The average Bonchev–Trinajstić information content (AvgIpc) is 2.76. The summed E-state index contributed by atoms with van der Waals surface area (Å²) in [5, 5.41) is 3.51. The van der Waals surface area contributed by atoms with Gasteiger partial charge in [0.15, 0.2) is 0 Å². The van der Waals surface area contributed by atoms with Crippen LogP contribution in [0.15, 0.2) is 24.3 Å². The lowest BCUT2D eigenvalue weighted by atomic mass is 9.84. The number of nitrogens with one attached hydrogen (secondary N) is 1. The van der Waals surface area contributed by atoms with E-state index in [1.54, 1.807) is 0 Å². The lowest BCUT2D eigenvalue weighted by Crippen LogP contribution is -2.45. The summed E-state index contributed by atoms with van der Waals surface area (Å²) >= 11 is 0. The van der Waals surface area contributed by atoms with Gasteiger partial charge in [-0.3, -0.25) is 10.1 Å². The van der Waals surface area contributed by atoms with Crippen LogP contribution in [0.3, 0.4) is 0 Å². The number of benzene rings is 1. The predicted molar refractivity (Wildman–Crippen MR) is 84.8 cm³/mol. The zero-order chi connectivity index (χ0) is 15.0. The van der Waals surface area contributed by atoms with Crippen molar-refractivity contribution in [2.75, 3.05) is 0 Å². The van der Waals surface area contributed by atoms with Crippen molar-refractivity contribution in [3.8, 4) is 0 Å². The molecule has 1 aliphatic carbocycles. The maximum absolute atomic E-state index is 12.7. The number of amides is 1. The Bertz CT molecular complexity index is 528. The van der Waals surface area contributed by atoms with Crippen LogP contribution in [0, 0.1) is 12.8 Å². The first kappa shape index (κ1) is 14.6. The van der Waals surface area contributed by atoms with Gasteiger partial charge in [-0.2, -0.15) is 0 Å². The van der Waals surface area contributed by atoms with Gasteiger partial charge >= 0.3 is 0 Å². The van der Waals surface area contributed by atoms with E-state index < -0.39 is 0 Å². The SMILES string of the molecule is Cc1ccccc1C1NC(C)C(=O)N1C1CCCCC1C. The number of hydrogen-bond donors (Lipinski definition) is 1. The Morgan fingerprint density at radius 2 is 1.86 bits per heavy atom. The Labute approximate surface area is 127 Å². The molecule has 0 radical (unpaired) electrons. The second-order valence-corrected chi connectivity index (χ2v) is 6.72. The minimum absolute atomic E-state index is 0.0410. The van der Waals surface area contributed by atoms with E-state index in [4.69, 9.17) is 0 Å². The Balaban J connectivity index is 1.95. The molecule has 1 aliphatic heterocycles. The number of hydrogen-bond acceptors (Lipinski definition) is 2. The molecular formula is C18H26N2O. The summed E-state index contributed by atoms with van der Waals surface area (Å²) in [6.45, 7) is 6.42. The molecule has 1 saturated carbocycles. The molecule has 4 unspecified atom stereocenters. The molecule has 2 aliphatic rings. The summed E-state index contributed by atoms with van der Waals surface area (Å²) < 4.78 is 0. The number of rotatable bonds is 2. The monoisotopic (exact) mass is 286 g/mol. The highest BCUT2D eigenvalue weighted by atomic mass is 16.2. The van der Waals surface area contributed by atoms with Crippen molar-refractivity contribution in [1.82, 2.24) is 10.2 Å². The predicted octanol–water partition coefficient (Wildman–Crippen LogP) is 3.39. The molecule has 1 amide bonds. The van der Waals surface area contributed by atoms with Gasteiger partial charge in [0.1, 0.15) is 6.17 Å². The van der Waals surface area contributed by atoms with E-state index in [0.29, 0.717) is 12.0 Å². The van der Waals surface area contributed by atoms with Crippen molar-refractivity contribution in [1.29, 1.82) is 0 Å². The van der Waals surface area contributed by atoms with Crippen LogP contribution >= 0.6 is 0 Å². The molecule has 3 nitrogen and oxygen atoms in total. The second-order valence-electron chi connectivity index (χ2n) is 6.72. The number of carbonyl (C=O) groups excluding carboxylic acids is 1. The molecule has 1 heterocycles. The summed E-state index contributed by atoms with van der Waals surface area (Å²) in [5.74, 6) is 0.864. The van der Waals surface area contributed by atoms with Crippen LogP contribution in [-0.2, 0) is 4.79 Å². The third-order valence-corrected chi connectivity index (χ3v) is 5.22. The van der Waals surface area contributed by atoms with Crippen molar-refractivity contribution in [2.24, 2.45) is 5.92 Å². The third kappa shape index (κ3) is 2.59. The fraction of sp³-hybridized carbons (Fsp3) is 0.611. The van der Waals surface area contributed by atoms with Crippen LogP contribution in [0.2, 0.25) is 0 Å². The van der Waals surface area contributed by atoms with E-state index in [1.165, 1.54) is 30.4 Å². The fourth-order valence-electron chi connectivity index (χ4n) is 3.94. The van der Waals surface area contributed by atoms with Gasteiger partial charge in [-0.05, 0) is 43.7 Å². The van der Waals surface area contributed by atoms with Gasteiger partial charge in [0.25, 0.3) is 0 Å². The first-order chi connectivity index (χ1) is 10.1. The van der Waals surface area contributed by atoms with Crippen LogP contribution in [0.4, 0.5) is 0 Å². The minimum atomic E-state index is -0.0799. The lowest BCUT2D eigenvalue weighted by Gasteiger charge is -2.39. The molecule has 0 aromatic heterocycles. The van der Waals surface area contributed by atoms with Crippen LogP contribution in [0.5, 0.6) is 0 Å². The second kappa shape index (κ2) is 5.80. The standard InChI is InChI=1S/C18H26N2O/c1-12-8-4-6-10-15(12)17-19-14(3)18(21)20(17)16-11-7-5-9-13(16)2/h4,6,8,10,13-14,16-17,19H,5,7,9,11H2,1-3H3. The molecule has 2 fully saturated rings. The highest BCUT2D eigenvalue weighted by Crippen LogP contribution is 2.36. The number of aryl methyl sites for hydroxylation is 1. The van der Waals surface area contributed by atoms with E-state index >= 15 is 0 Å². The van der Waals surface area contributed by atoms with Crippen LogP contribution in [0.25, 0.3) is 0 Å². The van der Waals surface area contributed by atoms with E-state index in [2.05, 4.69) is 48.3 Å². The zero-order valence-electron chi connectivity index (χ0n) is 13.3. The molecule has 1 saturated heterocycles. The van der Waals surface area contributed by atoms with Crippen LogP contribution in [0.1, 0.15) is 56.8 Å². The van der Waals surface area contributed by atoms with Gasteiger partial charge in [-0.25, -0.2) is 0 Å². The Morgan fingerprint density at radius 1 is 1.14 bits per heavy atom. The van der Waals surface area contributed by atoms with Crippen molar-refractivity contribution in [3.63, 3.8) is 0 Å². The highest BCUT2D eigenvalue weighted by molar-refractivity contribution is 5.84. The van der Waals surface area contributed by atoms with Crippen molar-refractivity contribution in [2.45, 2.75) is 64.7 Å². The van der Waals surface area contributed by atoms with E-state index in [0.717, 1.165) is 6.42 Å². The van der Waals surface area contributed by atoms with Crippen molar-refractivity contribution >= 4 is 5.91 Å². The minimum Gasteiger partial charge on any atom is -0.318 e. The van der Waals surface area contributed by atoms with Gasteiger partial charge in [0.05, 0.1) is 6.04 Å². The molecule has 0 spiro atoms. The maximum atomic E-state index is 12.7. The van der Waals surface area contributed by atoms with Gasteiger partial charge in [0, 0.05) is 6.04 Å². The molecule has 3 heteroatoms. The molecule has 1 N–H and O–H groups in total. The van der Waals surface area contributed by atoms with Gasteiger partial charge < -0.3 is 4.90 Å². The van der Waals surface area contributed by atoms with E-state index in [9.17, 15) is 4.79 Å². The van der Waals surface area contributed by atoms with Crippen LogP contribution in [-0.4, -0.2) is 22.9 Å². The average molecular weight is 286 g/mol. The molecular weight excluding hydrogens is 260 g/mol. The Hall–Kier alpha value is -1.35. The summed E-state index contributed by atoms with van der Waals surface area (Å²) in [6.07, 6.45) is 4.97. The lowest BCUT2D eigenvalue weighted by molar-refractivity contribution is -0.134. The smallest absolute Gasteiger partial charge is 0.241 e. The van der Waals surface area contributed by atoms with Gasteiger partial charge in [-0.15, -0.1) is 0 Å².